The molecule has 3 aromatic carbocycles. The van der Waals surface area contributed by atoms with Gasteiger partial charge >= 0.3 is 0 Å². The number of fused-ring (bicyclic) bond motifs is 1. The van der Waals surface area contributed by atoms with Gasteiger partial charge in [0, 0.05) is 6.54 Å². The van der Waals surface area contributed by atoms with Gasteiger partial charge in [0.15, 0.2) is 34.5 Å². The van der Waals surface area contributed by atoms with Crippen molar-refractivity contribution in [2.24, 2.45) is 0 Å². The Morgan fingerprint density at radius 2 is 1.35 bits per heavy atom. The van der Waals surface area contributed by atoms with Crippen molar-refractivity contribution in [1.29, 1.82) is 0 Å². The highest BCUT2D eigenvalue weighted by molar-refractivity contribution is 5.80. The molecular weight excluding hydrogens is 474 g/mol. The molecule has 0 aliphatic carbocycles. The third kappa shape index (κ3) is 5.53. The summed E-state index contributed by atoms with van der Waals surface area (Å²) in [5.41, 5.74) is 2.91. The first-order chi connectivity index (χ1) is 18.0. The van der Waals surface area contributed by atoms with Crippen LogP contribution in [-0.2, 0) is 17.6 Å². The number of carbonyl (C=O) groups is 1. The Hall–Kier alpha value is -4.07. The maximum absolute atomic E-state index is 13.7. The summed E-state index contributed by atoms with van der Waals surface area (Å²) in [4.78, 5) is 15.5. The lowest BCUT2D eigenvalue weighted by Gasteiger charge is -2.38. The first kappa shape index (κ1) is 26.0. The third-order valence-electron chi connectivity index (χ3n) is 6.59. The lowest BCUT2D eigenvalue weighted by Crippen LogP contribution is -2.43. The predicted octanol–water partition coefficient (Wildman–Crippen LogP) is 4.48. The van der Waals surface area contributed by atoms with E-state index in [1.165, 1.54) is 0 Å². The molecule has 0 bridgehead atoms. The Morgan fingerprint density at radius 3 is 2.03 bits per heavy atom. The molecule has 1 atom stereocenters. The van der Waals surface area contributed by atoms with Crippen LogP contribution in [-0.4, -0.2) is 59.5 Å². The van der Waals surface area contributed by atoms with E-state index in [9.17, 15) is 4.79 Å². The number of methoxy groups -OCH3 is 5. The number of hydrogen-bond donors (Lipinski definition) is 0. The molecule has 37 heavy (non-hydrogen) atoms. The van der Waals surface area contributed by atoms with Gasteiger partial charge in [-0.25, -0.2) is 0 Å². The minimum absolute atomic E-state index is 0.0127. The molecule has 8 nitrogen and oxygen atoms in total. The molecule has 196 valence electrons. The molecule has 3 aromatic rings. The molecule has 0 radical (unpaired) electrons. The zero-order chi connectivity index (χ0) is 26.4. The van der Waals surface area contributed by atoms with Crippen LogP contribution >= 0.6 is 0 Å². The summed E-state index contributed by atoms with van der Waals surface area (Å²) in [6.45, 7) is 0.801. The highest BCUT2D eigenvalue weighted by atomic mass is 16.5. The van der Waals surface area contributed by atoms with Crippen LogP contribution in [0.2, 0.25) is 0 Å². The molecule has 1 aliphatic heterocycles. The Labute approximate surface area is 217 Å². The van der Waals surface area contributed by atoms with Crippen LogP contribution in [0.4, 0.5) is 0 Å². The van der Waals surface area contributed by atoms with Gasteiger partial charge in [-0.2, -0.15) is 0 Å². The quantitative estimate of drug-likeness (QED) is 0.401. The summed E-state index contributed by atoms with van der Waals surface area (Å²) < 4.78 is 33.5. The van der Waals surface area contributed by atoms with Crippen molar-refractivity contribution < 1.29 is 33.2 Å². The number of benzene rings is 3. The fourth-order valence-corrected chi connectivity index (χ4v) is 4.68. The molecule has 0 saturated heterocycles. The summed E-state index contributed by atoms with van der Waals surface area (Å²) in [5, 5.41) is 0. The molecule has 8 heteroatoms. The lowest BCUT2D eigenvalue weighted by molar-refractivity contribution is -0.134. The van der Waals surface area contributed by atoms with E-state index in [-0.39, 0.29) is 25.0 Å². The summed E-state index contributed by atoms with van der Waals surface area (Å²) in [6, 6.07) is 16.6. The van der Waals surface area contributed by atoms with E-state index >= 15 is 0 Å². The Kier molecular flexibility index (Phi) is 8.28. The summed E-state index contributed by atoms with van der Waals surface area (Å²) in [7, 11) is 8.00. The highest BCUT2D eigenvalue weighted by Gasteiger charge is 2.33. The van der Waals surface area contributed by atoms with Gasteiger partial charge < -0.3 is 33.3 Å². The molecule has 0 spiro atoms. The molecule has 0 fully saturated rings. The van der Waals surface area contributed by atoms with E-state index in [2.05, 4.69) is 0 Å². The zero-order valence-electron chi connectivity index (χ0n) is 21.9. The van der Waals surface area contributed by atoms with Crippen LogP contribution in [0, 0.1) is 0 Å². The summed E-state index contributed by atoms with van der Waals surface area (Å²) in [6.07, 6.45) is 0.909. The van der Waals surface area contributed by atoms with Crippen molar-refractivity contribution in [3.05, 3.63) is 71.3 Å². The second-order valence-electron chi connectivity index (χ2n) is 8.59. The standard InChI is InChI=1S/C29H33NO7/c1-32-23-8-6-7-9-25(23)37-18-22-21-17-28(36-5)27(35-4)16-20(21)12-13-30(22)29(31)15-19-10-11-24(33-2)26(14-19)34-3/h6-11,14,16-17,22H,12-13,15,18H2,1-5H3/t22-/m1/s1. The molecule has 0 aromatic heterocycles. The van der Waals surface area contributed by atoms with Gasteiger partial charge in [-0.1, -0.05) is 18.2 Å². The fourth-order valence-electron chi connectivity index (χ4n) is 4.68. The SMILES string of the molecule is COc1ccc(CC(=O)N2CCc3cc(OC)c(OC)cc3[C@H]2COc2ccccc2OC)cc1OC. The average molecular weight is 508 g/mol. The van der Waals surface area contributed by atoms with Crippen LogP contribution in [0.1, 0.15) is 22.7 Å². The molecular formula is C29H33NO7. The highest BCUT2D eigenvalue weighted by Crippen LogP contribution is 2.39. The number of nitrogens with zero attached hydrogens (tertiary/aromatic N) is 1. The second kappa shape index (κ2) is 11.8. The van der Waals surface area contributed by atoms with E-state index in [1.54, 1.807) is 35.5 Å². The topological polar surface area (TPSA) is 75.7 Å². The van der Waals surface area contributed by atoms with E-state index in [0.717, 1.165) is 16.7 Å². The van der Waals surface area contributed by atoms with Crippen LogP contribution in [0.5, 0.6) is 34.5 Å². The number of para-hydroxylation sites is 2. The van der Waals surface area contributed by atoms with E-state index in [0.29, 0.717) is 47.5 Å². The Morgan fingerprint density at radius 1 is 0.757 bits per heavy atom. The summed E-state index contributed by atoms with van der Waals surface area (Å²) in [5.74, 6) is 3.72. The van der Waals surface area contributed by atoms with E-state index in [4.69, 9.17) is 28.4 Å². The number of hydrogen-bond acceptors (Lipinski definition) is 7. The maximum atomic E-state index is 13.7. The van der Waals surface area contributed by atoms with Gasteiger partial charge in [0.1, 0.15) is 6.61 Å². The van der Waals surface area contributed by atoms with Crippen molar-refractivity contribution in [3.8, 4) is 34.5 Å². The van der Waals surface area contributed by atoms with Crippen molar-refractivity contribution in [3.63, 3.8) is 0 Å². The van der Waals surface area contributed by atoms with Gasteiger partial charge in [0.2, 0.25) is 5.91 Å². The van der Waals surface area contributed by atoms with Crippen molar-refractivity contribution >= 4 is 5.91 Å². The molecule has 1 aliphatic rings. The van der Waals surface area contributed by atoms with Crippen molar-refractivity contribution in [1.82, 2.24) is 4.90 Å². The fraction of sp³-hybridized carbons (Fsp3) is 0.345. The summed E-state index contributed by atoms with van der Waals surface area (Å²) >= 11 is 0. The van der Waals surface area contributed by atoms with Gasteiger partial charge in [-0.3, -0.25) is 4.79 Å². The first-order valence-electron chi connectivity index (χ1n) is 12.0. The number of ether oxygens (including phenoxy) is 6. The van der Waals surface area contributed by atoms with Crippen LogP contribution in [0.25, 0.3) is 0 Å². The minimum atomic E-state index is -0.332. The smallest absolute Gasteiger partial charge is 0.227 e. The Balaban J connectivity index is 1.65. The second-order valence-corrected chi connectivity index (χ2v) is 8.59. The number of carbonyl (C=O) groups excluding carboxylic acids is 1. The molecule has 1 amide bonds. The van der Waals surface area contributed by atoms with Gasteiger partial charge in [0.05, 0.1) is 48.0 Å². The van der Waals surface area contributed by atoms with Crippen LogP contribution in [0.3, 0.4) is 0 Å². The Bertz CT molecular complexity index is 1240. The lowest BCUT2D eigenvalue weighted by atomic mass is 9.91. The molecule has 0 unspecified atom stereocenters. The monoisotopic (exact) mass is 507 g/mol. The van der Waals surface area contributed by atoms with Crippen LogP contribution in [0.15, 0.2) is 54.6 Å². The van der Waals surface area contributed by atoms with Crippen molar-refractivity contribution in [2.75, 3.05) is 48.7 Å². The van der Waals surface area contributed by atoms with Gasteiger partial charge in [-0.05, 0) is 59.5 Å². The minimum Gasteiger partial charge on any atom is -0.493 e. The molecule has 0 saturated carbocycles. The third-order valence-corrected chi connectivity index (χ3v) is 6.59. The van der Waals surface area contributed by atoms with Gasteiger partial charge in [0.25, 0.3) is 0 Å². The predicted molar refractivity (Wildman–Crippen MR) is 139 cm³/mol. The average Bonchev–Trinajstić information content (AvgIpc) is 2.94. The van der Waals surface area contributed by atoms with Crippen LogP contribution < -0.4 is 28.4 Å². The number of rotatable bonds is 10. The van der Waals surface area contributed by atoms with E-state index < -0.39 is 0 Å². The van der Waals surface area contributed by atoms with Gasteiger partial charge in [-0.15, -0.1) is 0 Å². The normalized spacial score (nSPS) is 14.4. The number of amides is 1. The molecule has 0 N–H and O–H groups in total. The molecule has 4 rings (SSSR count). The largest absolute Gasteiger partial charge is 0.493 e. The molecule has 1 heterocycles. The van der Waals surface area contributed by atoms with E-state index in [1.807, 2.05) is 59.5 Å². The first-order valence-corrected chi connectivity index (χ1v) is 12.0. The van der Waals surface area contributed by atoms with Crippen molar-refractivity contribution in [2.45, 2.75) is 18.9 Å². The zero-order valence-corrected chi connectivity index (χ0v) is 21.9. The maximum Gasteiger partial charge on any atom is 0.227 e.